The molecule has 3 rings (SSSR count). The van der Waals surface area contributed by atoms with Gasteiger partial charge in [0.05, 0.1) is 0 Å². The second kappa shape index (κ2) is 3.66. The van der Waals surface area contributed by atoms with Crippen LogP contribution < -0.4 is 11.3 Å². The molecule has 1 aromatic carbocycles. The molecule has 0 saturated carbocycles. The minimum atomic E-state index is -3.38. The molecule has 0 aliphatic carbocycles. The molecule has 8 heteroatoms. The second-order valence-corrected chi connectivity index (χ2v) is 5.29. The lowest BCUT2D eigenvalue weighted by Crippen LogP contribution is -2.26. The number of nitrogen functional groups attached to an aromatic ring is 1. The molecule has 1 fully saturated rings. The standard InChI is InChI=1S/C9H9N4O3P/c10-8-11-9(13-12-8)17(14)15-7(16-17)6-4-2-1-3-5-6/h1-5,7H,(H3,10,11,12,13). The quantitative estimate of drug-likeness (QED) is 0.771. The smallest absolute Gasteiger partial charge is 0.368 e. The molecule has 2 aromatic rings. The van der Waals surface area contributed by atoms with Crippen LogP contribution in [-0.4, -0.2) is 15.2 Å². The van der Waals surface area contributed by atoms with Gasteiger partial charge in [-0.2, -0.15) is 4.98 Å². The predicted octanol–water partition coefficient (Wildman–Crippen LogP) is 0.951. The molecule has 0 radical (unpaired) electrons. The van der Waals surface area contributed by atoms with E-state index in [4.69, 9.17) is 14.8 Å². The Morgan fingerprint density at radius 3 is 2.59 bits per heavy atom. The summed E-state index contributed by atoms with van der Waals surface area (Å²) in [6.45, 7) is 0. The average molecular weight is 252 g/mol. The Hall–Kier alpha value is -1.69. The van der Waals surface area contributed by atoms with Crippen molar-refractivity contribution in [1.82, 2.24) is 15.2 Å². The fraction of sp³-hybridized carbons (Fsp3) is 0.111. The first-order valence-electron chi connectivity index (χ1n) is 4.88. The molecule has 0 bridgehead atoms. The van der Waals surface area contributed by atoms with E-state index in [0.717, 1.165) is 5.56 Å². The third-order valence-electron chi connectivity index (χ3n) is 2.28. The summed E-state index contributed by atoms with van der Waals surface area (Å²) in [5.74, 6) is 0.0746. The summed E-state index contributed by atoms with van der Waals surface area (Å²) in [6, 6.07) is 9.20. The summed E-state index contributed by atoms with van der Waals surface area (Å²) in [5.41, 5.74) is 6.09. The number of nitrogens with zero attached hydrogens (tertiary/aromatic N) is 2. The number of anilines is 1. The normalized spacial score (nSPS) is 27.6. The molecule has 0 amide bonds. The lowest BCUT2D eigenvalue weighted by molar-refractivity contribution is -0.0900. The number of aromatic nitrogens is 3. The first-order valence-corrected chi connectivity index (χ1v) is 6.42. The van der Waals surface area contributed by atoms with Crippen LogP contribution in [0.5, 0.6) is 0 Å². The van der Waals surface area contributed by atoms with E-state index in [2.05, 4.69) is 15.2 Å². The number of nitrogens with two attached hydrogens (primary N) is 1. The maximum absolute atomic E-state index is 12.0. The molecular formula is C9H9N4O3P. The molecule has 1 saturated heterocycles. The van der Waals surface area contributed by atoms with Crippen molar-refractivity contribution in [1.29, 1.82) is 0 Å². The number of benzene rings is 1. The van der Waals surface area contributed by atoms with E-state index >= 15 is 0 Å². The Morgan fingerprint density at radius 2 is 2.00 bits per heavy atom. The molecule has 2 heterocycles. The molecule has 1 aliphatic heterocycles. The fourth-order valence-electron chi connectivity index (χ4n) is 1.47. The van der Waals surface area contributed by atoms with E-state index < -0.39 is 13.9 Å². The first-order chi connectivity index (χ1) is 8.17. The van der Waals surface area contributed by atoms with Gasteiger partial charge < -0.3 is 5.73 Å². The maximum atomic E-state index is 12.0. The minimum Gasteiger partial charge on any atom is -0.368 e. The Labute approximate surface area is 96.5 Å². The van der Waals surface area contributed by atoms with Gasteiger partial charge in [0.2, 0.25) is 12.2 Å². The van der Waals surface area contributed by atoms with Gasteiger partial charge in [-0.1, -0.05) is 30.3 Å². The van der Waals surface area contributed by atoms with Crippen molar-refractivity contribution in [3.8, 4) is 0 Å². The summed E-state index contributed by atoms with van der Waals surface area (Å²) in [6.07, 6.45) is -0.637. The van der Waals surface area contributed by atoms with E-state index in [0.29, 0.717) is 0 Å². The minimum absolute atomic E-state index is 0.0396. The Balaban J connectivity index is 1.78. The molecule has 3 N–H and O–H groups in total. The van der Waals surface area contributed by atoms with E-state index in [-0.39, 0.29) is 11.5 Å². The summed E-state index contributed by atoms with van der Waals surface area (Å²) in [4.78, 5) is 3.73. The lowest BCUT2D eigenvalue weighted by Gasteiger charge is -2.33. The highest BCUT2D eigenvalue weighted by atomic mass is 31.2. The van der Waals surface area contributed by atoms with Gasteiger partial charge in [-0.15, -0.1) is 5.10 Å². The molecule has 1 aliphatic rings. The van der Waals surface area contributed by atoms with Crippen molar-refractivity contribution < 1.29 is 13.6 Å². The van der Waals surface area contributed by atoms with Gasteiger partial charge in [-0.25, -0.2) is 5.10 Å². The van der Waals surface area contributed by atoms with Crippen molar-refractivity contribution in [2.45, 2.75) is 6.29 Å². The topological polar surface area (TPSA) is 103 Å². The first kappa shape index (κ1) is 10.5. The van der Waals surface area contributed by atoms with Crippen LogP contribution in [0.4, 0.5) is 5.95 Å². The van der Waals surface area contributed by atoms with Crippen LogP contribution in [0.1, 0.15) is 11.9 Å². The van der Waals surface area contributed by atoms with Gasteiger partial charge in [0.1, 0.15) is 0 Å². The molecule has 88 valence electrons. The number of H-pyrrole nitrogens is 1. The zero-order chi connectivity index (χ0) is 11.9. The number of hydrogen-bond donors (Lipinski definition) is 2. The van der Waals surface area contributed by atoms with Crippen LogP contribution in [0.25, 0.3) is 0 Å². The molecule has 0 spiro atoms. The third-order valence-corrected chi connectivity index (χ3v) is 3.90. The highest BCUT2D eigenvalue weighted by Gasteiger charge is 2.48. The van der Waals surface area contributed by atoms with Crippen LogP contribution in [0.15, 0.2) is 30.3 Å². The van der Waals surface area contributed by atoms with Crippen LogP contribution in [0, 0.1) is 0 Å². The van der Waals surface area contributed by atoms with Crippen molar-refractivity contribution in [3.05, 3.63) is 35.9 Å². The van der Waals surface area contributed by atoms with E-state index in [1.807, 2.05) is 30.3 Å². The average Bonchev–Trinajstić information content (AvgIpc) is 2.73. The van der Waals surface area contributed by atoms with Crippen LogP contribution >= 0.6 is 7.60 Å². The van der Waals surface area contributed by atoms with Crippen molar-refractivity contribution in [3.63, 3.8) is 0 Å². The lowest BCUT2D eigenvalue weighted by atomic mass is 10.2. The van der Waals surface area contributed by atoms with Gasteiger partial charge in [0.25, 0.3) is 5.57 Å². The van der Waals surface area contributed by atoms with Gasteiger partial charge in [0, 0.05) is 5.56 Å². The SMILES string of the molecule is Nc1nc(P2(=O)OC(c3ccccc3)O2)n[nH]1. The zero-order valence-corrected chi connectivity index (χ0v) is 9.50. The third kappa shape index (κ3) is 1.74. The summed E-state index contributed by atoms with van der Waals surface area (Å²) >= 11 is 0. The molecular weight excluding hydrogens is 243 g/mol. The summed E-state index contributed by atoms with van der Waals surface area (Å²) < 4.78 is 22.5. The van der Waals surface area contributed by atoms with Crippen LogP contribution in [0.2, 0.25) is 0 Å². The number of hydrogen-bond acceptors (Lipinski definition) is 6. The maximum Gasteiger partial charge on any atom is 0.405 e. The highest BCUT2D eigenvalue weighted by molar-refractivity contribution is 7.62. The van der Waals surface area contributed by atoms with E-state index in [9.17, 15) is 4.57 Å². The number of nitrogens with one attached hydrogen (secondary N) is 1. The van der Waals surface area contributed by atoms with Crippen molar-refractivity contribution >= 4 is 19.1 Å². The van der Waals surface area contributed by atoms with Gasteiger partial charge >= 0.3 is 7.60 Å². The molecule has 7 nitrogen and oxygen atoms in total. The van der Waals surface area contributed by atoms with Gasteiger partial charge in [-0.05, 0) is 0 Å². The highest BCUT2D eigenvalue weighted by Crippen LogP contribution is 2.63. The summed E-state index contributed by atoms with van der Waals surface area (Å²) in [7, 11) is -3.38. The van der Waals surface area contributed by atoms with E-state index in [1.54, 1.807) is 0 Å². The summed E-state index contributed by atoms with van der Waals surface area (Å²) in [5, 5.41) is 6.05. The number of rotatable bonds is 2. The van der Waals surface area contributed by atoms with Crippen LogP contribution in [-0.2, 0) is 13.6 Å². The molecule has 0 atom stereocenters. The predicted molar refractivity (Wildman–Crippen MR) is 59.4 cm³/mol. The van der Waals surface area contributed by atoms with Gasteiger partial charge in [0.15, 0.2) is 0 Å². The van der Waals surface area contributed by atoms with Crippen molar-refractivity contribution in [2.75, 3.05) is 5.73 Å². The number of aromatic amines is 1. The monoisotopic (exact) mass is 252 g/mol. The molecule has 17 heavy (non-hydrogen) atoms. The molecule has 0 unspecified atom stereocenters. The second-order valence-electron chi connectivity index (χ2n) is 3.47. The van der Waals surface area contributed by atoms with Crippen LogP contribution in [0.3, 0.4) is 0 Å². The Kier molecular flexibility index (Phi) is 2.25. The van der Waals surface area contributed by atoms with Crippen molar-refractivity contribution in [2.24, 2.45) is 0 Å². The zero-order valence-electron chi connectivity index (χ0n) is 8.61. The Bertz CT molecular complexity index is 575. The van der Waals surface area contributed by atoms with E-state index in [1.165, 1.54) is 0 Å². The Morgan fingerprint density at radius 1 is 1.29 bits per heavy atom. The van der Waals surface area contributed by atoms with Gasteiger partial charge in [-0.3, -0.25) is 13.6 Å². The molecule has 1 aromatic heterocycles. The largest absolute Gasteiger partial charge is 0.405 e. The fourth-order valence-corrected chi connectivity index (χ4v) is 2.83.